The number of pyridine rings is 1. The van der Waals surface area contributed by atoms with E-state index in [1.807, 2.05) is 16.9 Å². The number of benzene rings is 1. The van der Waals surface area contributed by atoms with E-state index in [1.54, 1.807) is 18.7 Å². The van der Waals surface area contributed by atoms with Crippen molar-refractivity contribution in [3.63, 3.8) is 0 Å². The van der Waals surface area contributed by atoms with E-state index in [9.17, 15) is 5.11 Å². The number of fused-ring (bicyclic) bond motifs is 2. The van der Waals surface area contributed by atoms with E-state index >= 15 is 0 Å². The summed E-state index contributed by atoms with van der Waals surface area (Å²) in [6, 6.07) is 8.22. The van der Waals surface area contributed by atoms with Crippen LogP contribution < -0.4 is 16.0 Å². The van der Waals surface area contributed by atoms with Gasteiger partial charge in [0.2, 0.25) is 0 Å². The van der Waals surface area contributed by atoms with Crippen LogP contribution in [0, 0.1) is 0 Å². The Morgan fingerprint density at radius 3 is 2.86 bits per heavy atom. The largest absolute Gasteiger partial charge is 0.395 e. The molecule has 4 rings (SSSR count). The summed E-state index contributed by atoms with van der Waals surface area (Å²) in [7, 11) is 0. The maximum Gasteiger partial charge on any atom is 0.121 e. The SMILES string of the molecule is CC(O)NCCNc1ccc2c3c(nn2CCNCCO)-c2ncccc2Sc13. The zero-order valence-electron chi connectivity index (χ0n) is 16.4. The van der Waals surface area contributed by atoms with Gasteiger partial charge in [0.1, 0.15) is 17.6 Å². The third-order valence-electron chi connectivity index (χ3n) is 4.75. The lowest BCUT2D eigenvalue weighted by Crippen LogP contribution is -2.30. The Morgan fingerprint density at radius 1 is 1.14 bits per heavy atom. The predicted molar refractivity (Wildman–Crippen MR) is 115 cm³/mol. The van der Waals surface area contributed by atoms with Gasteiger partial charge in [0, 0.05) is 53.2 Å². The number of anilines is 1. The summed E-state index contributed by atoms with van der Waals surface area (Å²) < 4.78 is 2.02. The van der Waals surface area contributed by atoms with Crippen LogP contribution in [0.1, 0.15) is 6.92 Å². The summed E-state index contributed by atoms with van der Waals surface area (Å²) in [5.41, 5.74) is 3.98. The van der Waals surface area contributed by atoms with Crippen molar-refractivity contribution >= 4 is 28.4 Å². The Kier molecular flexibility index (Phi) is 6.31. The van der Waals surface area contributed by atoms with E-state index in [0.717, 1.165) is 44.3 Å². The highest BCUT2D eigenvalue weighted by Gasteiger charge is 2.26. The molecule has 2 aromatic heterocycles. The average molecular weight is 415 g/mol. The lowest BCUT2D eigenvalue weighted by Gasteiger charge is -2.18. The molecule has 3 aromatic rings. The van der Waals surface area contributed by atoms with Crippen LogP contribution in [-0.2, 0) is 6.54 Å². The molecule has 0 amide bonds. The van der Waals surface area contributed by atoms with Crippen molar-refractivity contribution in [3.8, 4) is 11.4 Å². The molecular weight excluding hydrogens is 388 g/mol. The molecule has 8 nitrogen and oxygen atoms in total. The monoisotopic (exact) mass is 414 g/mol. The Bertz CT molecular complexity index is 991. The molecule has 1 aliphatic heterocycles. The van der Waals surface area contributed by atoms with Crippen molar-refractivity contribution in [3.05, 3.63) is 30.5 Å². The summed E-state index contributed by atoms with van der Waals surface area (Å²) >= 11 is 1.71. The van der Waals surface area contributed by atoms with Crippen LogP contribution in [-0.4, -0.2) is 64.0 Å². The fourth-order valence-corrected chi connectivity index (χ4v) is 4.62. The van der Waals surface area contributed by atoms with Gasteiger partial charge in [-0.15, -0.1) is 0 Å². The second kappa shape index (κ2) is 9.10. The minimum Gasteiger partial charge on any atom is -0.395 e. The maximum atomic E-state index is 9.37. The van der Waals surface area contributed by atoms with Crippen LogP contribution in [0.2, 0.25) is 0 Å². The number of aliphatic hydroxyl groups is 2. The molecule has 0 spiro atoms. The molecule has 0 saturated heterocycles. The van der Waals surface area contributed by atoms with Gasteiger partial charge >= 0.3 is 0 Å². The van der Waals surface area contributed by atoms with Crippen molar-refractivity contribution < 1.29 is 10.2 Å². The summed E-state index contributed by atoms with van der Waals surface area (Å²) in [6.45, 7) is 5.24. The first-order valence-electron chi connectivity index (χ1n) is 9.82. The number of hydrogen-bond donors (Lipinski definition) is 5. The second-order valence-corrected chi connectivity index (χ2v) is 7.94. The molecule has 1 unspecified atom stereocenters. The van der Waals surface area contributed by atoms with Gasteiger partial charge in [-0.3, -0.25) is 15.0 Å². The van der Waals surface area contributed by atoms with Crippen molar-refractivity contribution in [2.24, 2.45) is 0 Å². The van der Waals surface area contributed by atoms with Gasteiger partial charge in [0.25, 0.3) is 0 Å². The first kappa shape index (κ1) is 20.1. The molecule has 0 saturated carbocycles. The molecular formula is C20H26N6O2S. The average Bonchev–Trinajstić information content (AvgIpc) is 3.10. The molecule has 1 atom stereocenters. The molecule has 0 bridgehead atoms. The summed E-state index contributed by atoms with van der Waals surface area (Å²) in [5, 5.41) is 34.0. The third-order valence-corrected chi connectivity index (χ3v) is 5.92. The summed E-state index contributed by atoms with van der Waals surface area (Å²) in [5.74, 6) is 0. The van der Waals surface area contributed by atoms with E-state index in [0.29, 0.717) is 26.2 Å². The van der Waals surface area contributed by atoms with Crippen molar-refractivity contribution in [2.45, 2.75) is 29.5 Å². The molecule has 0 fully saturated rings. The number of hydrogen-bond acceptors (Lipinski definition) is 8. The van der Waals surface area contributed by atoms with Gasteiger partial charge in [0.15, 0.2) is 0 Å². The van der Waals surface area contributed by atoms with Crippen LogP contribution in [0.4, 0.5) is 5.69 Å². The Balaban J connectivity index is 1.67. The van der Waals surface area contributed by atoms with Gasteiger partial charge in [0.05, 0.1) is 18.7 Å². The Morgan fingerprint density at radius 2 is 2.03 bits per heavy atom. The Hall–Kier alpha value is -2.17. The first-order chi connectivity index (χ1) is 14.2. The number of aromatic nitrogens is 3. The highest BCUT2D eigenvalue weighted by Crippen LogP contribution is 2.49. The molecule has 0 aliphatic carbocycles. The lowest BCUT2D eigenvalue weighted by atomic mass is 10.1. The number of rotatable bonds is 10. The zero-order chi connectivity index (χ0) is 20.2. The zero-order valence-corrected chi connectivity index (χ0v) is 17.2. The fraction of sp³-hybridized carbons (Fsp3) is 0.400. The second-order valence-electron chi connectivity index (χ2n) is 6.89. The van der Waals surface area contributed by atoms with Crippen molar-refractivity contribution in [2.75, 3.05) is 38.1 Å². The molecule has 3 heterocycles. The highest BCUT2D eigenvalue weighted by atomic mass is 32.2. The molecule has 0 radical (unpaired) electrons. The van der Waals surface area contributed by atoms with Crippen LogP contribution in [0.15, 0.2) is 40.3 Å². The quantitative estimate of drug-likeness (QED) is 0.196. The highest BCUT2D eigenvalue weighted by molar-refractivity contribution is 8.00. The fourth-order valence-electron chi connectivity index (χ4n) is 3.45. The van der Waals surface area contributed by atoms with Crippen LogP contribution in [0.5, 0.6) is 0 Å². The first-order valence-corrected chi connectivity index (χ1v) is 10.6. The maximum absolute atomic E-state index is 9.37. The summed E-state index contributed by atoms with van der Waals surface area (Å²) in [4.78, 5) is 6.84. The molecule has 1 aromatic carbocycles. The Labute approximate surface area is 173 Å². The van der Waals surface area contributed by atoms with E-state index < -0.39 is 6.23 Å². The van der Waals surface area contributed by atoms with Crippen LogP contribution >= 0.6 is 11.8 Å². The van der Waals surface area contributed by atoms with Gasteiger partial charge in [-0.25, -0.2) is 0 Å². The van der Waals surface area contributed by atoms with Crippen molar-refractivity contribution in [1.29, 1.82) is 0 Å². The number of nitrogens with zero attached hydrogens (tertiary/aromatic N) is 3. The smallest absolute Gasteiger partial charge is 0.121 e. The molecule has 9 heteroatoms. The van der Waals surface area contributed by atoms with Crippen molar-refractivity contribution in [1.82, 2.24) is 25.4 Å². The lowest BCUT2D eigenvalue weighted by molar-refractivity contribution is 0.159. The minimum atomic E-state index is -0.519. The van der Waals surface area contributed by atoms with Gasteiger partial charge < -0.3 is 20.8 Å². The molecule has 5 N–H and O–H groups in total. The standard InChI is InChI=1S/C20H26N6O2S/c1-13(28)22-7-8-23-14-4-5-15-17-19(25-26(15)11-9-21-10-12-27)18-16(29-20(14)17)3-2-6-24-18/h2-6,13,21-23,27-28H,7-12H2,1H3. The predicted octanol–water partition coefficient (Wildman–Crippen LogP) is 1.48. The van der Waals surface area contributed by atoms with Gasteiger partial charge in [-0.1, -0.05) is 11.8 Å². The molecule has 154 valence electrons. The minimum absolute atomic E-state index is 0.127. The van der Waals surface area contributed by atoms with Gasteiger partial charge in [-0.05, 0) is 31.2 Å². The summed E-state index contributed by atoms with van der Waals surface area (Å²) in [6.07, 6.45) is 1.29. The van der Waals surface area contributed by atoms with E-state index in [4.69, 9.17) is 10.2 Å². The van der Waals surface area contributed by atoms with Crippen LogP contribution in [0.25, 0.3) is 22.3 Å². The normalized spacial score (nSPS) is 13.5. The van der Waals surface area contributed by atoms with Crippen LogP contribution in [0.3, 0.4) is 0 Å². The third kappa shape index (κ3) is 4.24. The van der Waals surface area contributed by atoms with Gasteiger partial charge in [-0.2, -0.15) is 5.10 Å². The molecule has 1 aliphatic rings. The molecule has 29 heavy (non-hydrogen) atoms. The number of nitrogens with one attached hydrogen (secondary N) is 3. The van der Waals surface area contributed by atoms with E-state index in [2.05, 4.69) is 39.1 Å². The van der Waals surface area contributed by atoms with E-state index in [-0.39, 0.29) is 6.61 Å². The number of aliphatic hydroxyl groups excluding tert-OH is 2. The van der Waals surface area contributed by atoms with E-state index in [1.165, 1.54) is 0 Å². The topological polar surface area (TPSA) is 107 Å².